The molecule has 1 aliphatic rings. The summed E-state index contributed by atoms with van der Waals surface area (Å²) in [6.45, 7) is 3.18. The SMILES string of the molecule is CCOc1cc(C(=O)N2[C@H](C)CCC[C@@H]2C)ccc1OC(F)F. The fraction of sp³-hybridized carbons (Fsp3) is 0.588. The number of carbonyl (C=O) groups is 1. The third-order valence-electron chi connectivity index (χ3n) is 4.13. The second-order valence-corrected chi connectivity index (χ2v) is 5.81. The topological polar surface area (TPSA) is 38.8 Å². The highest BCUT2D eigenvalue weighted by molar-refractivity contribution is 5.95. The Balaban J connectivity index is 2.27. The van der Waals surface area contributed by atoms with Gasteiger partial charge in [0.05, 0.1) is 6.61 Å². The second-order valence-electron chi connectivity index (χ2n) is 5.81. The lowest BCUT2D eigenvalue weighted by Crippen LogP contribution is -2.47. The molecule has 0 unspecified atom stereocenters. The van der Waals surface area contributed by atoms with Crippen molar-refractivity contribution in [1.82, 2.24) is 4.90 Å². The molecule has 0 radical (unpaired) electrons. The number of hydrogen-bond acceptors (Lipinski definition) is 3. The minimum absolute atomic E-state index is 0.0573. The van der Waals surface area contributed by atoms with Crippen molar-refractivity contribution in [3.8, 4) is 11.5 Å². The smallest absolute Gasteiger partial charge is 0.387 e. The number of halogens is 2. The molecular formula is C17H23F2NO3. The largest absolute Gasteiger partial charge is 0.490 e. The van der Waals surface area contributed by atoms with Gasteiger partial charge in [-0.05, 0) is 58.2 Å². The minimum atomic E-state index is -2.93. The molecule has 1 fully saturated rings. The second kappa shape index (κ2) is 7.62. The van der Waals surface area contributed by atoms with Crippen LogP contribution in [0.2, 0.25) is 0 Å². The Kier molecular flexibility index (Phi) is 5.80. The number of benzene rings is 1. The summed E-state index contributed by atoms with van der Waals surface area (Å²) in [7, 11) is 0. The Labute approximate surface area is 135 Å². The zero-order valence-electron chi connectivity index (χ0n) is 13.7. The molecule has 4 nitrogen and oxygen atoms in total. The molecule has 0 N–H and O–H groups in total. The normalized spacial score (nSPS) is 21.4. The number of ether oxygens (including phenoxy) is 2. The summed E-state index contributed by atoms with van der Waals surface area (Å²) in [5, 5.41) is 0. The molecule has 0 bridgehead atoms. The van der Waals surface area contributed by atoms with Crippen LogP contribution in [-0.2, 0) is 0 Å². The quantitative estimate of drug-likeness (QED) is 0.817. The van der Waals surface area contributed by atoms with Gasteiger partial charge in [0, 0.05) is 17.6 Å². The van der Waals surface area contributed by atoms with Crippen LogP contribution in [0.15, 0.2) is 18.2 Å². The average Bonchev–Trinajstić information content (AvgIpc) is 2.48. The van der Waals surface area contributed by atoms with Gasteiger partial charge in [-0.25, -0.2) is 0 Å². The molecule has 1 saturated heterocycles. The van der Waals surface area contributed by atoms with Crippen molar-refractivity contribution in [2.75, 3.05) is 6.61 Å². The van der Waals surface area contributed by atoms with Crippen LogP contribution in [0.4, 0.5) is 8.78 Å². The monoisotopic (exact) mass is 327 g/mol. The lowest BCUT2D eigenvalue weighted by atomic mass is 9.96. The molecule has 2 rings (SSSR count). The highest BCUT2D eigenvalue weighted by atomic mass is 19.3. The number of nitrogens with zero attached hydrogens (tertiary/aromatic N) is 1. The summed E-state index contributed by atoms with van der Waals surface area (Å²) in [5.41, 5.74) is 0.427. The first-order chi connectivity index (χ1) is 10.9. The van der Waals surface area contributed by atoms with Gasteiger partial charge in [0.1, 0.15) is 0 Å². The van der Waals surface area contributed by atoms with Crippen molar-refractivity contribution in [3.05, 3.63) is 23.8 Å². The van der Waals surface area contributed by atoms with Crippen molar-refractivity contribution in [1.29, 1.82) is 0 Å². The lowest BCUT2D eigenvalue weighted by molar-refractivity contribution is -0.0514. The van der Waals surface area contributed by atoms with Gasteiger partial charge in [-0.3, -0.25) is 4.79 Å². The third kappa shape index (κ3) is 4.12. The summed E-state index contributed by atoms with van der Waals surface area (Å²) in [6, 6.07) is 4.69. The van der Waals surface area contributed by atoms with Gasteiger partial charge in [0.2, 0.25) is 0 Å². The van der Waals surface area contributed by atoms with Crippen molar-refractivity contribution in [2.45, 2.75) is 58.7 Å². The van der Waals surface area contributed by atoms with Crippen LogP contribution in [-0.4, -0.2) is 36.1 Å². The maximum Gasteiger partial charge on any atom is 0.387 e. The Morgan fingerprint density at radius 1 is 1.26 bits per heavy atom. The van der Waals surface area contributed by atoms with Crippen LogP contribution in [0, 0.1) is 0 Å². The van der Waals surface area contributed by atoms with E-state index in [-0.39, 0.29) is 29.5 Å². The highest BCUT2D eigenvalue weighted by Gasteiger charge is 2.30. The molecule has 0 aromatic heterocycles. The molecule has 128 valence electrons. The van der Waals surface area contributed by atoms with Crippen LogP contribution < -0.4 is 9.47 Å². The number of hydrogen-bond donors (Lipinski definition) is 0. The molecular weight excluding hydrogens is 304 g/mol. The summed E-state index contributed by atoms with van der Waals surface area (Å²) in [5.74, 6) is 0.00311. The van der Waals surface area contributed by atoms with Gasteiger partial charge >= 0.3 is 6.61 Å². The van der Waals surface area contributed by atoms with E-state index in [1.54, 1.807) is 6.92 Å². The van der Waals surface area contributed by atoms with Crippen molar-refractivity contribution in [3.63, 3.8) is 0 Å². The van der Waals surface area contributed by atoms with E-state index in [0.717, 1.165) is 19.3 Å². The summed E-state index contributed by atoms with van der Waals surface area (Å²) in [4.78, 5) is 14.7. The molecule has 1 aromatic rings. The van der Waals surface area contributed by atoms with E-state index < -0.39 is 6.61 Å². The zero-order valence-corrected chi connectivity index (χ0v) is 13.7. The number of piperidine rings is 1. The molecule has 2 atom stereocenters. The number of carbonyl (C=O) groups excluding carboxylic acids is 1. The molecule has 0 saturated carbocycles. The first-order valence-corrected chi connectivity index (χ1v) is 7.98. The van der Waals surface area contributed by atoms with Crippen molar-refractivity contribution in [2.24, 2.45) is 0 Å². The van der Waals surface area contributed by atoms with Gasteiger partial charge in [0.25, 0.3) is 5.91 Å². The van der Waals surface area contributed by atoms with Gasteiger partial charge in [-0.2, -0.15) is 8.78 Å². The summed E-state index contributed by atoms with van der Waals surface area (Å²) >= 11 is 0. The standard InChI is InChI=1S/C17H23F2NO3/c1-4-22-15-10-13(8-9-14(15)23-17(18)19)16(21)20-11(2)6-5-7-12(20)3/h8-12,17H,4-7H2,1-3H3/t11-,12+. The van der Waals surface area contributed by atoms with Gasteiger partial charge in [-0.1, -0.05) is 0 Å². The minimum Gasteiger partial charge on any atom is -0.490 e. The van der Waals surface area contributed by atoms with Gasteiger partial charge in [0.15, 0.2) is 11.5 Å². The Bertz CT molecular complexity index is 541. The molecule has 1 heterocycles. The van der Waals surface area contributed by atoms with E-state index >= 15 is 0 Å². The Morgan fingerprint density at radius 2 is 1.91 bits per heavy atom. The highest BCUT2D eigenvalue weighted by Crippen LogP contribution is 2.32. The summed E-state index contributed by atoms with van der Waals surface area (Å²) in [6.07, 6.45) is 3.05. The van der Waals surface area contributed by atoms with E-state index in [4.69, 9.17) is 4.74 Å². The van der Waals surface area contributed by atoms with Crippen molar-refractivity contribution < 1.29 is 23.0 Å². The van der Waals surface area contributed by atoms with Gasteiger partial charge in [-0.15, -0.1) is 0 Å². The molecule has 23 heavy (non-hydrogen) atoms. The van der Waals surface area contributed by atoms with Crippen LogP contribution in [0.25, 0.3) is 0 Å². The van der Waals surface area contributed by atoms with Crippen LogP contribution in [0.1, 0.15) is 50.4 Å². The Morgan fingerprint density at radius 3 is 2.48 bits per heavy atom. The van der Waals surface area contributed by atoms with Crippen molar-refractivity contribution >= 4 is 5.91 Å². The van der Waals surface area contributed by atoms with E-state index in [9.17, 15) is 13.6 Å². The zero-order chi connectivity index (χ0) is 17.0. The molecule has 1 aromatic carbocycles. The molecule has 6 heteroatoms. The fourth-order valence-electron chi connectivity index (χ4n) is 3.07. The number of amides is 1. The van der Waals surface area contributed by atoms with E-state index in [1.807, 2.05) is 18.7 Å². The summed E-state index contributed by atoms with van der Waals surface area (Å²) < 4.78 is 34.7. The molecule has 1 amide bonds. The molecule has 1 aliphatic heterocycles. The molecule has 0 aliphatic carbocycles. The number of rotatable bonds is 5. The number of likely N-dealkylation sites (tertiary alicyclic amines) is 1. The van der Waals surface area contributed by atoms with E-state index in [1.165, 1.54) is 18.2 Å². The maximum absolute atomic E-state index is 12.8. The fourth-order valence-corrected chi connectivity index (χ4v) is 3.07. The van der Waals surface area contributed by atoms with Gasteiger partial charge < -0.3 is 14.4 Å². The van der Waals surface area contributed by atoms with Crippen LogP contribution in [0.3, 0.4) is 0 Å². The average molecular weight is 327 g/mol. The van der Waals surface area contributed by atoms with Crippen LogP contribution >= 0.6 is 0 Å². The van der Waals surface area contributed by atoms with E-state index in [0.29, 0.717) is 12.2 Å². The van der Waals surface area contributed by atoms with E-state index in [2.05, 4.69) is 4.74 Å². The maximum atomic E-state index is 12.8. The predicted molar refractivity (Wildman–Crippen MR) is 83.2 cm³/mol. The molecule has 0 spiro atoms. The third-order valence-corrected chi connectivity index (χ3v) is 4.13. The lowest BCUT2D eigenvalue weighted by Gasteiger charge is -2.39. The van der Waals surface area contributed by atoms with Crippen LogP contribution in [0.5, 0.6) is 11.5 Å². The Hall–Kier alpha value is -1.85. The first-order valence-electron chi connectivity index (χ1n) is 7.98. The first kappa shape index (κ1) is 17.5. The number of alkyl halides is 2. The predicted octanol–water partition coefficient (Wildman–Crippen LogP) is 4.09.